The van der Waals surface area contributed by atoms with Gasteiger partial charge in [-0.3, -0.25) is 10.1 Å². The minimum absolute atomic E-state index is 0.107. The Balaban J connectivity index is 0.000000403. The van der Waals surface area contributed by atoms with E-state index >= 15 is 0 Å². The van der Waals surface area contributed by atoms with Gasteiger partial charge < -0.3 is 0 Å². The van der Waals surface area contributed by atoms with Crippen LogP contribution in [0.25, 0.3) is 16.6 Å². The molecule has 1 aliphatic carbocycles. The molecular weight excluding hydrogens is 412 g/mol. The maximum atomic E-state index is 10.7. The van der Waals surface area contributed by atoms with Crippen LogP contribution >= 0.6 is 11.3 Å². The van der Waals surface area contributed by atoms with Crippen LogP contribution in [0, 0.1) is 27.3 Å². The monoisotopic (exact) mass is 424 g/mol. The summed E-state index contributed by atoms with van der Waals surface area (Å²) in [5.74, 6) is 0. The van der Waals surface area contributed by atoms with Crippen molar-refractivity contribution in [2.24, 2.45) is 0 Å². The van der Waals surface area contributed by atoms with Crippen LogP contribution in [0.1, 0.15) is 28.2 Å². The zero-order valence-corrected chi connectivity index (χ0v) is 16.0. The van der Waals surface area contributed by atoms with Gasteiger partial charge in [-0.2, -0.15) is 0 Å². The fourth-order valence-corrected chi connectivity index (χ4v) is 3.59. The van der Waals surface area contributed by atoms with Crippen LogP contribution < -0.4 is 23.2 Å². The summed E-state index contributed by atoms with van der Waals surface area (Å²) in [5.41, 5.74) is 4.56. The lowest BCUT2D eigenvalue weighted by Gasteiger charge is -2.17. The van der Waals surface area contributed by atoms with Crippen molar-refractivity contribution in [3.8, 4) is 0 Å². The van der Waals surface area contributed by atoms with Gasteiger partial charge in [-0.1, -0.05) is 9.61 Å². The zero-order chi connectivity index (χ0) is 20.5. The molecule has 28 heavy (non-hydrogen) atoms. The Hall–Kier alpha value is -2.54. The number of benzene rings is 1. The molecule has 12 heteroatoms. The molecule has 0 saturated carbocycles. The SMILES string of the molecule is Cc1n[n+]2c3c(cnc2s1)CCC3=Cc1ccc([N+](=O)[O-])cc1.[O-][Cl+3]([O-])([O-])[O-]. The number of aryl methyl sites for hydroxylation is 2. The Morgan fingerprint density at radius 3 is 2.43 bits per heavy atom. The highest BCUT2D eigenvalue weighted by atomic mass is 35.7. The molecule has 4 rings (SSSR count). The number of nitrogens with zero attached hydrogens (tertiary/aromatic N) is 4. The van der Waals surface area contributed by atoms with Gasteiger partial charge >= 0.3 is 4.96 Å². The lowest BCUT2D eigenvalue weighted by Crippen LogP contribution is -2.68. The van der Waals surface area contributed by atoms with Crippen molar-refractivity contribution in [2.75, 3.05) is 0 Å². The Bertz CT molecular complexity index is 1060. The molecule has 1 aliphatic rings. The fourth-order valence-electron chi connectivity index (χ4n) is 2.88. The molecular formula is C16H13ClN4O6S. The van der Waals surface area contributed by atoms with E-state index in [1.54, 1.807) is 23.5 Å². The molecule has 0 spiro atoms. The summed E-state index contributed by atoms with van der Waals surface area (Å²) >= 11 is 1.57. The number of fused-ring (bicyclic) bond motifs is 3. The molecule has 10 nitrogen and oxygen atoms in total. The Kier molecular flexibility index (Phi) is 5.65. The largest absolute Gasteiger partial charge is 0.410 e. The molecule has 0 radical (unpaired) electrons. The highest BCUT2D eigenvalue weighted by Gasteiger charge is 2.28. The van der Waals surface area contributed by atoms with Gasteiger partial charge in [0.15, 0.2) is 5.69 Å². The summed E-state index contributed by atoms with van der Waals surface area (Å²) in [6.45, 7) is 1.97. The molecule has 0 atom stereocenters. The Morgan fingerprint density at radius 2 is 1.82 bits per heavy atom. The molecule has 0 saturated heterocycles. The van der Waals surface area contributed by atoms with Gasteiger partial charge in [-0.05, 0) is 59.9 Å². The number of hydrogen-bond acceptors (Lipinski definition) is 9. The standard InChI is InChI=1S/C16H13N4O2S.ClHO4/c1-10-18-19-15-12(4-5-13(15)9-17-16(19)23-10)8-11-2-6-14(7-3-11)20(21)22;2-1(3,4)5/h2-3,6-9H,4-5H2,1H3;(H,2,3,4,5)/q+1;/p-1. The minimum Gasteiger partial charge on any atom is -0.258 e. The number of non-ortho nitro benzene ring substituents is 1. The average Bonchev–Trinajstić information content (AvgIpc) is 3.16. The maximum absolute atomic E-state index is 10.7. The van der Waals surface area contributed by atoms with Gasteiger partial charge in [0, 0.05) is 23.3 Å². The Morgan fingerprint density at radius 1 is 1.18 bits per heavy atom. The van der Waals surface area contributed by atoms with Crippen molar-refractivity contribution in [2.45, 2.75) is 19.8 Å². The van der Waals surface area contributed by atoms with E-state index in [1.807, 2.05) is 17.6 Å². The van der Waals surface area contributed by atoms with Crippen molar-refractivity contribution in [1.82, 2.24) is 10.1 Å². The first-order valence-electron chi connectivity index (χ1n) is 7.86. The van der Waals surface area contributed by atoms with Crippen LogP contribution in [0.5, 0.6) is 0 Å². The topological polar surface area (TPSA) is 165 Å². The lowest BCUT2D eigenvalue weighted by atomic mass is 10.1. The van der Waals surface area contributed by atoms with Crippen molar-refractivity contribution in [3.05, 3.63) is 62.4 Å². The molecule has 0 bridgehead atoms. The van der Waals surface area contributed by atoms with Gasteiger partial charge in [-0.25, -0.2) is 18.6 Å². The van der Waals surface area contributed by atoms with E-state index < -0.39 is 10.2 Å². The molecule has 1 aromatic carbocycles. The van der Waals surface area contributed by atoms with Crippen LogP contribution in [0.4, 0.5) is 5.69 Å². The molecule has 0 amide bonds. The normalized spacial score (nSPS) is 14.7. The summed E-state index contributed by atoms with van der Waals surface area (Å²) in [6, 6.07) is 6.62. The number of aromatic nitrogens is 3. The number of nitro benzene ring substituents is 1. The van der Waals surface area contributed by atoms with E-state index in [2.05, 4.69) is 16.2 Å². The molecule has 0 fully saturated rings. The molecule has 3 aromatic rings. The second kappa shape index (κ2) is 7.83. The van der Waals surface area contributed by atoms with Crippen LogP contribution in [0.2, 0.25) is 0 Å². The first-order valence-corrected chi connectivity index (χ1v) is 9.91. The molecule has 0 N–H and O–H groups in total. The van der Waals surface area contributed by atoms with Gasteiger partial charge in [-0.15, -0.1) is 10.2 Å². The number of nitro groups is 1. The maximum Gasteiger partial charge on any atom is 0.410 e. The fraction of sp³-hybridized carbons (Fsp3) is 0.188. The van der Waals surface area contributed by atoms with Gasteiger partial charge in [0.1, 0.15) is 11.2 Å². The number of rotatable bonds is 2. The number of halogens is 1. The van der Waals surface area contributed by atoms with Gasteiger partial charge in [0.05, 0.1) is 4.92 Å². The highest BCUT2D eigenvalue weighted by molar-refractivity contribution is 7.16. The zero-order valence-electron chi connectivity index (χ0n) is 14.4. The van der Waals surface area contributed by atoms with E-state index in [9.17, 15) is 10.1 Å². The Labute approximate surface area is 164 Å². The van der Waals surface area contributed by atoms with E-state index in [-0.39, 0.29) is 10.6 Å². The van der Waals surface area contributed by atoms with Crippen molar-refractivity contribution >= 4 is 33.6 Å². The van der Waals surface area contributed by atoms with Crippen LogP contribution in [0.15, 0.2) is 30.5 Å². The summed E-state index contributed by atoms with van der Waals surface area (Å²) in [7, 11) is -4.94. The molecule has 146 valence electrons. The van der Waals surface area contributed by atoms with Crippen molar-refractivity contribution in [1.29, 1.82) is 0 Å². The average molecular weight is 425 g/mol. The van der Waals surface area contributed by atoms with E-state index in [1.165, 1.54) is 23.3 Å². The van der Waals surface area contributed by atoms with E-state index in [0.29, 0.717) is 0 Å². The smallest absolute Gasteiger partial charge is 0.258 e. The first kappa shape index (κ1) is 20.2. The predicted molar refractivity (Wildman–Crippen MR) is 87.1 cm³/mol. The van der Waals surface area contributed by atoms with Crippen LogP contribution in [0.3, 0.4) is 0 Å². The van der Waals surface area contributed by atoms with Gasteiger partial charge in [0.2, 0.25) is 0 Å². The predicted octanol–water partition coefficient (Wildman–Crippen LogP) is -1.78. The third-order valence-electron chi connectivity index (χ3n) is 3.92. The summed E-state index contributed by atoms with van der Waals surface area (Å²) in [4.78, 5) is 15.7. The summed E-state index contributed by atoms with van der Waals surface area (Å²) in [5, 5.41) is 16.3. The summed E-state index contributed by atoms with van der Waals surface area (Å²) < 4.78 is 35.9. The third kappa shape index (κ3) is 4.84. The van der Waals surface area contributed by atoms with E-state index in [4.69, 9.17) is 18.6 Å². The van der Waals surface area contributed by atoms with Crippen LogP contribution in [-0.4, -0.2) is 15.0 Å². The molecule has 2 heterocycles. The first-order chi connectivity index (χ1) is 13.1. The van der Waals surface area contributed by atoms with Crippen molar-refractivity contribution < 1.29 is 38.3 Å². The van der Waals surface area contributed by atoms with Gasteiger partial charge in [0.25, 0.3) is 5.69 Å². The molecule has 0 aliphatic heterocycles. The molecule has 0 unspecified atom stereocenters. The second-order valence-electron chi connectivity index (χ2n) is 5.84. The molecule has 2 aromatic heterocycles. The minimum atomic E-state index is -4.94. The summed E-state index contributed by atoms with van der Waals surface area (Å²) in [6.07, 6.45) is 5.88. The quantitative estimate of drug-likeness (QED) is 0.264. The third-order valence-corrected chi connectivity index (χ3v) is 4.76. The number of allylic oxidation sites excluding steroid dienone is 1. The highest BCUT2D eigenvalue weighted by Crippen LogP contribution is 2.31. The van der Waals surface area contributed by atoms with Crippen molar-refractivity contribution in [3.63, 3.8) is 0 Å². The van der Waals surface area contributed by atoms with E-state index in [0.717, 1.165) is 34.1 Å². The second-order valence-corrected chi connectivity index (χ2v) is 7.76. The number of hydrogen-bond donors (Lipinski definition) is 0. The lowest BCUT2D eigenvalue weighted by molar-refractivity contribution is -2.00. The van der Waals surface area contributed by atoms with Crippen LogP contribution in [-0.2, 0) is 6.42 Å².